The predicted octanol–water partition coefficient (Wildman–Crippen LogP) is 2.69. The summed E-state index contributed by atoms with van der Waals surface area (Å²) in [6, 6.07) is 0. The fourth-order valence-corrected chi connectivity index (χ4v) is 1.38. The minimum absolute atomic E-state index is 0. The SMILES string of the molecule is CCCCCC(CCC)C(=O)O.[Na]. The van der Waals surface area contributed by atoms with Gasteiger partial charge in [-0.25, -0.2) is 0 Å². The van der Waals surface area contributed by atoms with Crippen LogP contribution in [0.5, 0.6) is 0 Å². The Kier molecular flexibility index (Phi) is 12.9. The Morgan fingerprint density at radius 2 is 1.77 bits per heavy atom. The van der Waals surface area contributed by atoms with E-state index in [-0.39, 0.29) is 35.5 Å². The quantitative estimate of drug-likeness (QED) is 0.501. The van der Waals surface area contributed by atoms with Crippen LogP contribution in [0.2, 0.25) is 0 Å². The third kappa shape index (κ3) is 8.79. The zero-order valence-electron chi connectivity index (χ0n) is 9.18. The molecule has 0 heterocycles. The van der Waals surface area contributed by atoms with E-state index in [0.29, 0.717) is 0 Å². The summed E-state index contributed by atoms with van der Waals surface area (Å²) in [5.74, 6) is -0.713. The van der Waals surface area contributed by atoms with Crippen LogP contribution in [-0.2, 0) is 4.79 Å². The normalized spacial score (nSPS) is 11.8. The van der Waals surface area contributed by atoms with Crippen LogP contribution < -0.4 is 0 Å². The molecule has 0 aliphatic carbocycles. The van der Waals surface area contributed by atoms with Crippen molar-refractivity contribution in [3.05, 3.63) is 0 Å². The Hall–Kier alpha value is 0.470. The monoisotopic (exact) mass is 195 g/mol. The van der Waals surface area contributed by atoms with Crippen LogP contribution in [0.1, 0.15) is 52.4 Å². The van der Waals surface area contributed by atoms with Crippen LogP contribution in [0, 0.1) is 5.92 Å². The molecule has 2 nitrogen and oxygen atoms in total. The third-order valence-electron chi connectivity index (χ3n) is 2.14. The van der Waals surface area contributed by atoms with Gasteiger partial charge in [0, 0.05) is 29.6 Å². The number of carboxylic acids is 1. The van der Waals surface area contributed by atoms with E-state index >= 15 is 0 Å². The van der Waals surface area contributed by atoms with Gasteiger partial charge in [-0.3, -0.25) is 4.79 Å². The topological polar surface area (TPSA) is 37.3 Å². The molecule has 0 amide bonds. The molecule has 0 aliphatic rings. The second kappa shape index (κ2) is 10.6. The van der Waals surface area contributed by atoms with Crippen molar-refractivity contribution in [3.63, 3.8) is 0 Å². The van der Waals surface area contributed by atoms with Gasteiger partial charge in [0.05, 0.1) is 5.92 Å². The summed E-state index contributed by atoms with van der Waals surface area (Å²) in [4.78, 5) is 10.7. The van der Waals surface area contributed by atoms with Gasteiger partial charge in [-0.1, -0.05) is 39.5 Å². The Morgan fingerprint density at radius 1 is 1.15 bits per heavy atom. The smallest absolute Gasteiger partial charge is 0.306 e. The molecule has 1 N–H and O–H groups in total. The van der Waals surface area contributed by atoms with Crippen molar-refractivity contribution in [2.45, 2.75) is 52.4 Å². The first-order valence-corrected chi connectivity index (χ1v) is 4.95. The van der Waals surface area contributed by atoms with Crippen molar-refractivity contribution < 1.29 is 9.90 Å². The molecule has 0 saturated carbocycles. The van der Waals surface area contributed by atoms with Crippen molar-refractivity contribution in [1.82, 2.24) is 0 Å². The molecule has 0 saturated heterocycles. The number of carbonyl (C=O) groups is 1. The van der Waals surface area contributed by atoms with E-state index < -0.39 is 5.97 Å². The molecule has 1 unspecified atom stereocenters. The Balaban J connectivity index is 0. The van der Waals surface area contributed by atoms with Crippen molar-refractivity contribution in [1.29, 1.82) is 0 Å². The summed E-state index contributed by atoms with van der Waals surface area (Å²) >= 11 is 0. The van der Waals surface area contributed by atoms with E-state index in [4.69, 9.17) is 5.11 Å². The second-order valence-electron chi connectivity index (χ2n) is 3.32. The van der Waals surface area contributed by atoms with Gasteiger partial charge in [-0.15, -0.1) is 0 Å². The van der Waals surface area contributed by atoms with Crippen LogP contribution in [0.15, 0.2) is 0 Å². The molecule has 73 valence electrons. The summed E-state index contributed by atoms with van der Waals surface area (Å²) in [5, 5.41) is 8.80. The van der Waals surface area contributed by atoms with Gasteiger partial charge in [0.2, 0.25) is 0 Å². The van der Waals surface area contributed by atoms with E-state index in [2.05, 4.69) is 6.92 Å². The van der Waals surface area contributed by atoms with Crippen molar-refractivity contribution in [3.8, 4) is 0 Å². The van der Waals surface area contributed by atoms with Crippen LogP contribution in [0.4, 0.5) is 0 Å². The van der Waals surface area contributed by atoms with Crippen molar-refractivity contribution in [2.24, 2.45) is 5.92 Å². The number of rotatable bonds is 7. The molecule has 0 bridgehead atoms. The number of hydrogen-bond donors (Lipinski definition) is 1. The first-order valence-electron chi connectivity index (χ1n) is 4.95. The molecule has 0 aromatic heterocycles. The minimum atomic E-state index is -0.618. The molecule has 13 heavy (non-hydrogen) atoms. The van der Waals surface area contributed by atoms with Gasteiger partial charge < -0.3 is 5.11 Å². The van der Waals surface area contributed by atoms with Crippen LogP contribution in [0.3, 0.4) is 0 Å². The maximum Gasteiger partial charge on any atom is 0.306 e. The number of hydrogen-bond acceptors (Lipinski definition) is 1. The van der Waals surface area contributed by atoms with E-state index in [1.807, 2.05) is 6.92 Å². The molecule has 1 atom stereocenters. The van der Waals surface area contributed by atoms with Crippen molar-refractivity contribution >= 4 is 35.5 Å². The maximum absolute atomic E-state index is 10.7. The molecule has 0 rings (SSSR count). The standard InChI is InChI=1S/C10H20O2.Na/c1-3-5-6-8-9(7-4-2)10(11)12;/h9H,3-8H2,1-2H3,(H,11,12);. The van der Waals surface area contributed by atoms with Gasteiger partial charge >= 0.3 is 5.97 Å². The first kappa shape index (κ1) is 15.9. The minimum Gasteiger partial charge on any atom is -0.481 e. The average molecular weight is 195 g/mol. The second-order valence-corrected chi connectivity index (χ2v) is 3.32. The molecule has 0 fully saturated rings. The molecule has 0 aliphatic heterocycles. The summed E-state index contributed by atoms with van der Waals surface area (Å²) in [6.45, 7) is 4.17. The fraction of sp³-hybridized carbons (Fsp3) is 0.900. The molecule has 3 heteroatoms. The van der Waals surface area contributed by atoms with Gasteiger partial charge in [-0.2, -0.15) is 0 Å². The maximum atomic E-state index is 10.7. The van der Waals surface area contributed by atoms with Crippen LogP contribution in [0.25, 0.3) is 0 Å². The van der Waals surface area contributed by atoms with E-state index in [1.54, 1.807) is 0 Å². The summed E-state index contributed by atoms with van der Waals surface area (Å²) in [7, 11) is 0. The van der Waals surface area contributed by atoms with E-state index in [9.17, 15) is 4.79 Å². The molecule has 0 aromatic rings. The van der Waals surface area contributed by atoms with Gasteiger partial charge in [0.1, 0.15) is 0 Å². The largest absolute Gasteiger partial charge is 0.481 e. The third-order valence-corrected chi connectivity index (χ3v) is 2.14. The molecule has 0 spiro atoms. The van der Waals surface area contributed by atoms with Crippen LogP contribution in [-0.4, -0.2) is 40.6 Å². The Morgan fingerprint density at radius 3 is 2.15 bits per heavy atom. The number of unbranched alkanes of at least 4 members (excludes halogenated alkanes) is 2. The molecular formula is C10H20NaO2. The average Bonchev–Trinajstić information content (AvgIpc) is 2.03. The fourth-order valence-electron chi connectivity index (χ4n) is 1.38. The summed E-state index contributed by atoms with van der Waals surface area (Å²) < 4.78 is 0. The zero-order chi connectivity index (χ0) is 9.40. The van der Waals surface area contributed by atoms with E-state index in [0.717, 1.165) is 32.1 Å². The summed E-state index contributed by atoms with van der Waals surface area (Å²) in [6.07, 6.45) is 6.05. The first-order chi connectivity index (χ1) is 5.72. The van der Waals surface area contributed by atoms with Gasteiger partial charge in [0.25, 0.3) is 0 Å². The van der Waals surface area contributed by atoms with Crippen LogP contribution >= 0.6 is 0 Å². The number of carboxylic acid groups (broad SMARTS) is 1. The summed E-state index contributed by atoms with van der Waals surface area (Å²) in [5.41, 5.74) is 0. The van der Waals surface area contributed by atoms with Gasteiger partial charge in [0.15, 0.2) is 0 Å². The zero-order valence-corrected chi connectivity index (χ0v) is 11.2. The van der Waals surface area contributed by atoms with Crippen molar-refractivity contribution in [2.75, 3.05) is 0 Å². The van der Waals surface area contributed by atoms with E-state index in [1.165, 1.54) is 6.42 Å². The van der Waals surface area contributed by atoms with Gasteiger partial charge in [-0.05, 0) is 12.8 Å². The Bertz CT molecular complexity index is 126. The predicted molar refractivity (Wildman–Crippen MR) is 55.9 cm³/mol. The number of aliphatic carboxylic acids is 1. The molecule has 1 radical (unpaired) electrons. The molecule has 0 aromatic carbocycles. The molecular weight excluding hydrogens is 175 g/mol. The Labute approximate surface area is 103 Å².